The number of aromatic nitrogens is 1. The monoisotopic (exact) mass is 491 g/mol. The number of pyridine rings is 1. The summed E-state index contributed by atoms with van der Waals surface area (Å²) in [4.78, 5) is 31.4. The highest BCUT2D eigenvalue weighted by atomic mass is 16.5. The van der Waals surface area contributed by atoms with Crippen molar-refractivity contribution in [2.24, 2.45) is 0 Å². The van der Waals surface area contributed by atoms with Crippen LogP contribution in [0.4, 0.5) is 0 Å². The molecule has 0 unspecified atom stereocenters. The van der Waals surface area contributed by atoms with Gasteiger partial charge in [-0.05, 0) is 85.7 Å². The minimum atomic E-state index is -0.487. The third kappa shape index (κ3) is 5.03. The lowest BCUT2D eigenvalue weighted by atomic mass is 9.86. The number of ether oxygens (including phenoxy) is 2. The molecular weight excluding hydrogens is 462 g/mol. The second-order valence-corrected chi connectivity index (χ2v) is 9.45. The number of para-hydroxylation sites is 1. The molecule has 0 saturated heterocycles. The maximum atomic E-state index is 13.5. The fourth-order valence-corrected chi connectivity index (χ4v) is 4.93. The Morgan fingerprint density at radius 2 is 1.76 bits per heavy atom. The van der Waals surface area contributed by atoms with Crippen LogP contribution in [0.15, 0.2) is 66.7 Å². The van der Waals surface area contributed by atoms with Gasteiger partial charge >= 0.3 is 5.97 Å². The molecule has 186 valence electrons. The normalized spacial score (nSPS) is 13.9. The molecule has 1 aliphatic rings. The van der Waals surface area contributed by atoms with Gasteiger partial charge in [0.1, 0.15) is 5.75 Å². The molecule has 1 aromatic heterocycles. The summed E-state index contributed by atoms with van der Waals surface area (Å²) < 4.78 is 10.9. The van der Waals surface area contributed by atoms with Gasteiger partial charge in [-0.15, -0.1) is 0 Å². The number of fused-ring (bicyclic) bond motifs is 2. The van der Waals surface area contributed by atoms with Gasteiger partial charge in [-0.3, -0.25) is 4.79 Å². The van der Waals surface area contributed by atoms with Crippen LogP contribution in [0.2, 0.25) is 0 Å². The molecule has 3 aromatic carbocycles. The van der Waals surface area contributed by atoms with Crippen LogP contribution in [0, 0.1) is 13.8 Å². The van der Waals surface area contributed by atoms with E-state index in [0.29, 0.717) is 11.1 Å². The Morgan fingerprint density at radius 1 is 0.973 bits per heavy atom. The Hall–Kier alpha value is -4.25. The number of ketones is 1. The number of benzene rings is 3. The minimum absolute atomic E-state index is 0.207. The Morgan fingerprint density at radius 3 is 2.54 bits per heavy atom. The number of nitrogens with zero attached hydrogens (tertiary/aromatic N) is 1. The number of hydrogen-bond donors (Lipinski definition) is 0. The van der Waals surface area contributed by atoms with Crippen molar-refractivity contribution in [3.63, 3.8) is 0 Å². The van der Waals surface area contributed by atoms with Gasteiger partial charge in [-0.25, -0.2) is 9.78 Å². The van der Waals surface area contributed by atoms with Gasteiger partial charge in [0.2, 0.25) is 5.78 Å². The highest BCUT2D eigenvalue weighted by molar-refractivity contribution is 6.08. The zero-order chi connectivity index (χ0) is 25.9. The predicted molar refractivity (Wildman–Crippen MR) is 146 cm³/mol. The fourth-order valence-electron chi connectivity index (χ4n) is 4.93. The molecular formula is C32H29NO4. The van der Waals surface area contributed by atoms with Crippen molar-refractivity contribution in [1.82, 2.24) is 4.98 Å². The summed E-state index contributed by atoms with van der Waals surface area (Å²) in [5, 5.41) is 0.746. The highest BCUT2D eigenvalue weighted by Gasteiger charge is 2.26. The minimum Gasteiger partial charge on any atom is -0.497 e. The number of aryl methyl sites for hydroxylation is 2. The first-order valence-corrected chi connectivity index (χ1v) is 12.5. The molecule has 5 heteroatoms. The molecule has 0 radical (unpaired) electrons. The van der Waals surface area contributed by atoms with E-state index in [9.17, 15) is 9.59 Å². The summed E-state index contributed by atoms with van der Waals surface area (Å²) in [5.74, 6) is 0.108. The number of carbonyl (C=O) groups is 2. The maximum absolute atomic E-state index is 13.5. The van der Waals surface area contributed by atoms with Crippen LogP contribution < -0.4 is 4.74 Å². The van der Waals surface area contributed by atoms with Crippen LogP contribution in [0.3, 0.4) is 0 Å². The third-order valence-electron chi connectivity index (χ3n) is 6.86. The van der Waals surface area contributed by atoms with E-state index < -0.39 is 5.97 Å². The van der Waals surface area contributed by atoms with E-state index in [1.807, 2.05) is 80.6 Å². The summed E-state index contributed by atoms with van der Waals surface area (Å²) in [7, 11) is 1.65. The van der Waals surface area contributed by atoms with Crippen molar-refractivity contribution in [3.05, 3.63) is 106 Å². The lowest BCUT2D eigenvalue weighted by Gasteiger charge is -2.22. The molecule has 0 bridgehead atoms. The fraction of sp³-hybridized carbons (Fsp3) is 0.219. The number of allylic oxidation sites excluding steroid dienone is 1. The van der Waals surface area contributed by atoms with Gasteiger partial charge in [0.25, 0.3) is 0 Å². The average Bonchev–Trinajstić information content (AvgIpc) is 2.92. The van der Waals surface area contributed by atoms with Crippen molar-refractivity contribution in [3.8, 4) is 5.75 Å². The topological polar surface area (TPSA) is 65.5 Å². The van der Waals surface area contributed by atoms with Crippen LogP contribution in [-0.4, -0.2) is 30.5 Å². The standard InChI is InChI=1S/C32H29NO4/c1-20-11-12-21(2)27(17-20)29(34)19-37-32(35)30-25-8-4-5-10-28(25)33-31-23(7-6-9-26(30)31)18-22-13-15-24(36-3)16-14-22/h4-5,8,10-18H,6-7,9,19H2,1-3H3. The van der Waals surface area contributed by atoms with E-state index >= 15 is 0 Å². The van der Waals surface area contributed by atoms with E-state index in [1.165, 1.54) is 0 Å². The van der Waals surface area contributed by atoms with E-state index in [4.69, 9.17) is 14.5 Å². The van der Waals surface area contributed by atoms with Crippen molar-refractivity contribution in [1.29, 1.82) is 0 Å². The molecule has 0 atom stereocenters. The number of esters is 1. The van der Waals surface area contributed by atoms with Crippen LogP contribution >= 0.6 is 0 Å². The van der Waals surface area contributed by atoms with Crippen molar-refractivity contribution in [2.75, 3.05) is 13.7 Å². The summed E-state index contributed by atoms with van der Waals surface area (Å²) in [5.41, 5.74) is 7.52. The van der Waals surface area contributed by atoms with Crippen molar-refractivity contribution in [2.45, 2.75) is 33.1 Å². The first-order chi connectivity index (χ1) is 17.9. The van der Waals surface area contributed by atoms with Gasteiger partial charge in [0, 0.05) is 10.9 Å². The molecule has 0 spiro atoms. The number of Topliss-reactive ketones (excluding diaryl/α,β-unsaturated/α-hetero) is 1. The lowest BCUT2D eigenvalue weighted by molar-refractivity contribution is 0.0475. The van der Waals surface area contributed by atoms with E-state index in [-0.39, 0.29) is 12.4 Å². The molecule has 37 heavy (non-hydrogen) atoms. The maximum Gasteiger partial charge on any atom is 0.339 e. The van der Waals surface area contributed by atoms with E-state index in [0.717, 1.165) is 69.4 Å². The van der Waals surface area contributed by atoms with Gasteiger partial charge in [0.05, 0.1) is 23.9 Å². The zero-order valence-corrected chi connectivity index (χ0v) is 21.3. The second-order valence-electron chi connectivity index (χ2n) is 9.45. The molecule has 0 N–H and O–H groups in total. The number of rotatable bonds is 6. The summed E-state index contributed by atoms with van der Waals surface area (Å²) in [6, 6.07) is 21.2. The van der Waals surface area contributed by atoms with Gasteiger partial charge in [-0.2, -0.15) is 0 Å². The average molecular weight is 492 g/mol. The summed E-state index contributed by atoms with van der Waals surface area (Å²) in [6.45, 7) is 3.52. The molecule has 5 rings (SSSR count). The number of hydrogen-bond acceptors (Lipinski definition) is 5. The SMILES string of the molecule is COc1ccc(C=C2CCCc3c2nc2ccccc2c3C(=O)OCC(=O)c2cc(C)ccc2C)cc1. The van der Waals surface area contributed by atoms with Crippen molar-refractivity contribution < 1.29 is 19.1 Å². The molecule has 0 saturated carbocycles. The summed E-state index contributed by atoms with van der Waals surface area (Å²) >= 11 is 0. The van der Waals surface area contributed by atoms with Gasteiger partial charge in [-0.1, -0.05) is 48.0 Å². The quantitative estimate of drug-likeness (QED) is 0.220. The van der Waals surface area contributed by atoms with Crippen molar-refractivity contribution >= 4 is 34.3 Å². The van der Waals surface area contributed by atoms with Crippen LogP contribution in [0.1, 0.15) is 61.5 Å². The van der Waals surface area contributed by atoms with Gasteiger partial charge in [0.15, 0.2) is 6.61 Å². The predicted octanol–water partition coefficient (Wildman–Crippen LogP) is 6.78. The number of methoxy groups -OCH3 is 1. The Labute approximate surface area is 216 Å². The van der Waals surface area contributed by atoms with E-state index in [1.54, 1.807) is 7.11 Å². The molecule has 1 aliphatic carbocycles. The Kier molecular flexibility index (Phi) is 6.87. The summed E-state index contributed by atoms with van der Waals surface area (Å²) in [6.07, 6.45) is 4.61. The molecule has 0 fully saturated rings. The van der Waals surface area contributed by atoms with Gasteiger partial charge < -0.3 is 9.47 Å². The van der Waals surface area contributed by atoms with E-state index in [2.05, 4.69) is 6.08 Å². The molecule has 1 heterocycles. The zero-order valence-electron chi connectivity index (χ0n) is 21.3. The lowest BCUT2D eigenvalue weighted by Crippen LogP contribution is -2.19. The number of carbonyl (C=O) groups excluding carboxylic acids is 2. The molecule has 5 nitrogen and oxygen atoms in total. The molecule has 4 aromatic rings. The highest BCUT2D eigenvalue weighted by Crippen LogP contribution is 2.36. The van der Waals surface area contributed by atoms with Crippen LogP contribution in [-0.2, 0) is 11.2 Å². The largest absolute Gasteiger partial charge is 0.497 e. The van der Waals surface area contributed by atoms with Crippen LogP contribution in [0.5, 0.6) is 5.75 Å². The Balaban J connectivity index is 1.51. The first kappa shape index (κ1) is 24.4. The molecule has 0 amide bonds. The smallest absolute Gasteiger partial charge is 0.339 e. The first-order valence-electron chi connectivity index (χ1n) is 12.5. The second kappa shape index (κ2) is 10.4. The Bertz CT molecular complexity index is 1530. The third-order valence-corrected chi connectivity index (χ3v) is 6.86. The van der Waals surface area contributed by atoms with Crippen LogP contribution in [0.25, 0.3) is 22.6 Å². The molecule has 0 aliphatic heterocycles.